The van der Waals surface area contributed by atoms with E-state index in [-0.39, 0.29) is 11.3 Å². The molecule has 0 unspecified atom stereocenters. The van der Waals surface area contributed by atoms with E-state index in [0.717, 1.165) is 0 Å². The second kappa shape index (κ2) is 2.53. The molecule has 1 aromatic rings. The number of nitrogens with one attached hydrogen (secondary N) is 1. The van der Waals surface area contributed by atoms with Gasteiger partial charge in [0.15, 0.2) is 0 Å². The predicted molar refractivity (Wildman–Crippen MR) is 32.5 cm³/mol. The van der Waals surface area contributed by atoms with Crippen LogP contribution in [0.5, 0.6) is 0 Å². The minimum Gasteiger partial charge on any atom is -0.351 e. The highest BCUT2D eigenvalue weighted by Crippen LogP contribution is 2.06. The molecule has 0 radical (unpaired) electrons. The SMILES string of the molecule is NC(=O)Nc1nc(Cl)no1. The van der Waals surface area contributed by atoms with Crippen molar-refractivity contribution in [2.45, 2.75) is 0 Å². The Morgan fingerprint density at radius 2 is 2.50 bits per heavy atom. The van der Waals surface area contributed by atoms with Crippen molar-refractivity contribution in [1.29, 1.82) is 0 Å². The van der Waals surface area contributed by atoms with Crippen LogP contribution in [0.1, 0.15) is 0 Å². The average molecular weight is 163 g/mol. The molecule has 0 saturated carbocycles. The molecular formula is C3H3ClN4O2. The maximum absolute atomic E-state index is 10.1. The second-order valence-corrected chi connectivity index (χ2v) is 1.70. The van der Waals surface area contributed by atoms with E-state index < -0.39 is 6.03 Å². The number of aromatic nitrogens is 2. The van der Waals surface area contributed by atoms with Crippen molar-refractivity contribution in [2.75, 3.05) is 5.32 Å². The van der Waals surface area contributed by atoms with E-state index in [2.05, 4.69) is 14.7 Å². The standard InChI is InChI=1S/C3H3ClN4O2/c4-1-6-3(10-8-1)7-2(5)9/h(H3,5,6,7,8,9). The molecule has 7 heteroatoms. The Balaban J connectivity index is 2.67. The van der Waals surface area contributed by atoms with E-state index in [1.807, 2.05) is 5.32 Å². The summed E-state index contributed by atoms with van der Waals surface area (Å²) in [6.07, 6.45) is 0. The number of amides is 2. The molecule has 0 spiro atoms. The van der Waals surface area contributed by atoms with Crippen molar-refractivity contribution in [2.24, 2.45) is 5.73 Å². The van der Waals surface area contributed by atoms with E-state index in [1.54, 1.807) is 0 Å². The topological polar surface area (TPSA) is 94.0 Å². The lowest BCUT2D eigenvalue weighted by Crippen LogP contribution is -2.19. The van der Waals surface area contributed by atoms with Crippen molar-refractivity contribution in [3.8, 4) is 0 Å². The average Bonchev–Trinajstić information content (AvgIpc) is 2.13. The van der Waals surface area contributed by atoms with Crippen LogP contribution in [-0.4, -0.2) is 16.2 Å². The van der Waals surface area contributed by atoms with E-state index in [0.29, 0.717) is 0 Å². The van der Waals surface area contributed by atoms with Crippen LogP contribution in [0.25, 0.3) is 0 Å². The van der Waals surface area contributed by atoms with Crippen molar-refractivity contribution in [3.05, 3.63) is 5.28 Å². The van der Waals surface area contributed by atoms with Crippen LogP contribution < -0.4 is 11.1 Å². The van der Waals surface area contributed by atoms with Crippen LogP contribution in [0.4, 0.5) is 10.8 Å². The Morgan fingerprint density at radius 1 is 1.80 bits per heavy atom. The van der Waals surface area contributed by atoms with Gasteiger partial charge < -0.3 is 10.3 Å². The number of halogens is 1. The Kier molecular flexibility index (Phi) is 1.72. The number of nitrogens with zero attached hydrogens (tertiary/aromatic N) is 2. The monoisotopic (exact) mass is 162 g/mol. The van der Waals surface area contributed by atoms with Gasteiger partial charge in [-0.3, -0.25) is 5.32 Å². The highest BCUT2D eigenvalue weighted by Gasteiger charge is 2.03. The lowest BCUT2D eigenvalue weighted by Gasteiger charge is -1.88. The fourth-order valence-corrected chi connectivity index (χ4v) is 0.473. The number of anilines is 1. The summed E-state index contributed by atoms with van der Waals surface area (Å²) in [6.45, 7) is 0. The molecular weight excluding hydrogens is 160 g/mol. The summed E-state index contributed by atoms with van der Waals surface area (Å²) in [5.41, 5.74) is 4.71. The molecule has 0 aliphatic carbocycles. The zero-order valence-corrected chi connectivity index (χ0v) is 5.42. The van der Waals surface area contributed by atoms with E-state index >= 15 is 0 Å². The molecule has 54 valence electrons. The van der Waals surface area contributed by atoms with E-state index in [9.17, 15) is 4.79 Å². The van der Waals surface area contributed by atoms with Gasteiger partial charge in [-0.2, -0.15) is 4.98 Å². The number of primary amides is 1. The normalized spacial score (nSPS) is 9.30. The summed E-state index contributed by atoms with van der Waals surface area (Å²) in [7, 11) is 0. The van der Waals surface area contributed by atoms with Gasteiger partial charge in [0.25, 0.3) is 5.28 Å². The summed E-state index contributed by atoms with van der Waals surface area (Å²) < 4.78 is 4.37. The molecule has 1 rings (SSSR count). The van der Waals surface area contributed by atoms with Gasteiger partial charge in [0.2, 0.25) is 0 Å². The molecule has 0 fully saturated rings. The number of urea groups is 1. The summed E-state index contributed by atoms with van der Waals surface area (Å²) in [5, 5.41) is 5.14. The predicted octanol–water partition coefficient (Wildman–Crippen LogP) is 0.214. The first kappa shape index (κ1) is 6.81. The zero-order valence-electron chi connectivity index (χ0n) is 4.67. The molecule has 0 aliphatic heterocycles. The third-order valence-corrected chi connectivity index (χ3v) is 0.785. The first-order chi connectivity index (χ1) is 4.68. The molecule has 1 heterocycles. The van der Waals surface area contributed by atoms with Crippen molar-refractivity contribution in [1.82, 2.24) is 10.1 Å². The number of carbonyl (C=O) groups is 1. The van der Waals surface area contributed by atoms with Gasteiger partial charge in [0.1, 0.15) is 0 Å². The fraction of sp³-hybridized carbons (Fsp3) is 0. The van der Waals surface area contributed by atoms with Crippen LogP contribution in [0, 0.1) is 0 Å². The van der Waals surface area contributed by atoms with Gasteiger partial charge in [-0.25, -0.2) is 4.79 Å². The maximum atomic E-state index is 10.1. The molecule has 2 amide bonds. The minimum absolute atomic E-state index is 0.0799. The van der Waals surface area contributed by atoms with E-state index in [1.165, 1.54) is 0 Å². The number of rotatable bonds is 1. The third-order valence-electron chi connectivity index (χ3n) is 0.631. The van der Waals surface area contributed by atoms with Crippen molar-refractivity contribution in [3.63, 3.8) is 0 Å². The molecule has 10 heavy (non-hydrogen) atoms. The van der Waals surface area contributed by atoms with Gasteiger partial charge in [-0.15, -0.1) is 0 Å². The van der Waals surface area contributed by atoms with Gasteiger partial charge in [-0.05, 0) is 16.8 Å². The van der Waals surface area contributed by atoms with Crippen LogP contribution >= 0.6 is 11.6 Å². The number of nitrogens with two attached hydrogens (primary N) is 1. The fourth-order valence-electron chi connectivity index (χ4n) is 0.362. The Bertz CT molecular complexity index is 246. The largest absolute Gasteiger partial charge is 0.351 e. The van der Waals surface area contributed by atoms with Gasteiger partial charge in [0.05, 0.1) is 0 Å². The molecule has 1 aromatic heterocycles. The molecule has 6 nitrogen and oxygen atoms in total. The second-order valence-electron chi connectivity index (χ2n) is 1.36. The summed E-state index contributed by atoms with van der Waals surface area (Å²) in [6, 6.07) is -0.891. The highest BCUT2D eigenvalue weighted by atomic mass is 35.5. The zero-order chi connectivity index (χ0) is 7.56. The molecule has 0 aromatic carbocycles. The van der Waals surface area contributed by atoms with Crippen LogP contribution in [0.3, 0.4) is 0 Å². The van der Waals surface area contributed by atoms with Crippen LogP contribution in [0.15, 0.2) is 4.52 Å². The van der Waals surface area contributed by atoms with Gasteiger partial charge in [-0.1, -0.05) is 0 Å². The first-order valence-corrected chi connectivity index (χ1v) is 2.62. The Morgan fingerprint density at radius 3 is 2.90 bits per heavy atom. The number of hydrogen-bond acceptors (Lipinski definition) is 4. The molecule has 0 bridgehead atoms. The minimum atomic E-state index is -0.777. The summed E-state index contributed by atoms with van der Waals surface area (Å²) in [4.78, 5) is 13.5. The van der Waals surface area contributed by atoms with Gasteiger partial charge in [0, 0.05) is 0 Å². The molecule has 0 aliphatic rings. The number of carbonyl (C=O) groups excluding carboxylic acids is 1. The lowest BCUT2D eigenvalue weighted by atomic mass is 10.9. The Hall–Kier alpha value is -1.30. The number of hydrogen-bond donors (Lipinski definition) is 2. The Labute approximate surface area is 60.3 Å². The highest BCUT2D eigenvalue weighted by molar-refractivity contribution is 6.28. The maximum Gasteiger partial charge on any atom is 0.330 e. The van der Waals surface area contributed by atoms with Gasteiger partial charge >= 0.3 is 12.0 Å². The third kappa shape index (κ3) is 1.59. The summed E-state index contributed by atoms with van der Waals surface area (Å²) in [5.74, 6) is 0. The van der Waals surface area contributed by atoms with Crippen molar-refractivity contribution >= 4 is 23.6 Å². The smallest absolute Gasteiger partial charge is 0.330 e. The molecule has 3 N–H and O–H groups in total. The van der Waals surface area contributed by atoms with Crippen molar-refractivity contribution < 1.29 is 9.32 Å². The molecule has 0 atom stereocenters. The van der Waals surface area contributed by atoms with Crippen LogP contribution in [-0.2, 0) is 0 Å². The summed E-state index contributed by atoms with van der Waals surface area (Å²) >= 11 is 5.24. The van der Waals surface area contributed by atoms with E-state index in [4.69, 9.17) is 17.3 Å². The quantitative estimate of drug-likeness (QED) is 0.617. The molecule has 0 saturated heterocycles. The van der Waals surface area contributed by atoms with Crippen LogP contribution in [0.2, 0.25) is 5.28 Å². The first-order valence-electron chi connectivity index (χ1n) is 2.24. The lowest BCUT2D eigenvalue weighted by molar-refractivity contribution is 0.258.